The smallest absolute Gasteiger partial charge is 0.0439 e. The van der Waals surface area contributed by atoms with Gasteiger partial charge >= 0.3 is 0 Å². The average molecular weight is 161 g/mol. The number of hydrogen-bond acceptors (Lipinski definition) is 0. The van der Waals surface area contributed by atoms with Crippen LogP contribution in [-0.4, -0.2) is 4.98 Å². The molecule has 0 amide bonds. The highest BCUT2D eigenvalue weighted by Gasteiger charge is 2.08. The maximum atomic E-state index is 3.31. The number of H-pyrrole nitrogens is 1. The van der Waals surface area contributed by atoms with Crippen molar-refractivity contribution in [2.24, 2.45) is 0 Å². The summed E-state index contributed by atoms with van der Waals surface area (Å²) in [6.07, 6.45) is 9.63. The maximum absolute atomic E-state index is 3.31. The highest BCUT2D eigenvalue weighted by molar-refractivity contribution is 5.65. The molecule has 1 heterocycles. The van der Waals surface area contributed by atoms with Gasteiger partial charge < -0.3 is 4.98 Å². The molecule has 1 heteroatoms. The summed E-state index contributed by atoms with van der Waals surface area (Å²) in [7, 11) is 0. The van der Waals surface area contributed by atoms with Crippen LogP contribution in [0, 0.1) is 6.92 Å². The lowest BCUT2D eigenvalue weighted by atomic mass is 9.96. The zero-order chi connectivity index (χ0) is 8.39. The number of rotatable bonds is 1. The zero-order valence-electron chi connectivity index (χ0n) is 7.56. The molecule has 1 aromatic rings. The Morgan fingerprint density at radius 1 is 1.33 bits per heavy atom. The average Bonchev–Trinajstić information content (AvgIpc) is 2.53. The van der Waals surface area contributed by atoms with Crippen LogP contribution in [0.3, 0.4) is 0 Å². The molecule has 12 heavy (non-hydrogen) atoms. The first-order valence-corrected chi connectivity index (χ1v) is 4.71. The lowest BCUT2D eigenvalue weighted by Gasteiger charge is -2.11. The van der Waals surface area contributed by atoms with E-state index in [0.29, 0.717) is 0 Å². The van der Waals surface area contributed by atoms with E-state index in [0.717, 1.165) is 0 Å². The van der Waals surface area contributed by atoms with Crippen LogP contribution >= 0.6 is 0 Å². The first-order chi connectivity index (χ1) is 5.88. The van der Waals surface area contributed by atoms with E-state index in [-0.39, 0.29) is 0 Å². The molecule has 1 aromatic heterocycles. The van der Waals surface area contributed by atoms with E-state index in [1.54, 1.807) is 0 Å². The molecule has 1 aliphatic rings. The van der Waals surface area contributed by atoms with Crippen LogP contribution in [0.25, 0.3) is 5.57 Å². The second-order valence-corrected chi connectivity index (χ2v) is 3.51. The Morgan fingerprint density at radius 3 is 2.83 bits per heavy atom. The quantitative estimate of drug-likeness (QED) is 0.650. The van der Waals surface area contributed by atoms with Crippen LogP contribution in [-0.2, 0) is 0 Å². The second-order valence-electron chi connectivity index (χ2n) is 3.51. The molecule has 0 atom stereocenters. The summed E-state index contributed by atoms with van der Waals surface area (Å²) in [5, 5.41) is 0. The zero-order valence-corrected chi connectivity index (χ0v) is 7.56. The van der Waals surface area contributed by atoms with Crippen molar-refractivity contribution in [3.8, 4) is 0 Å². The minimum absolute atomic E-state index is 1.25. The second kappa shape index (κ2) is 3.18. The van der Waals surface area contributed by atoms with Crippen molar-refractivity contribution in [2.45, 2.75) is 32.6 Å². The largest absolute Gasteiger partial charge is 0.361 e. The molecule has 0 saturated carbocycles. The molecule has 0 aromatic carbocycles. The number of allylic oxidation sites excluding steroid dienone is 2. The Kier molecular flexibility index (Phi) is 2.03. The summed E-state index contributed by atoms with van der Waals surface area (Å²) in [5.41, 5.74) is 4.25. The minimum Gasteiger partial charge on any atom is -0.361 e. The van der Waals surface area contributed by atoms with Crippen molar-refractivity contribution in [3.63, 3.8) is 0 Å². The molecule has 0 spiro atoms. The van der Waals surface area contributed by atoms with Gasteiger partial charge in [0.15, 0.2) is 0 Å². The summed E-state index contributed by atoms with van der Waals surface area (Å²) >= 11 is 0. The number of aryl methyl sites for hydroxylation is 1. The summed E-state index contributed by atoms with van der Waals surface area (Å²) in [6.45, 7) is 2.17. The van der Waals surface area contributed by atoms with Crippen LogP contribution in [0.2, 0.25) is 0 Å². The van der Waals surface area contributed by atoms with E-state index in [2.05, 4.69) is 24.1 Å². The van der Waals surface area contributed by atoms with Gasteiger partial charge in [0.1, 0.15) is 0 Å². The lowest BCUT2D eigenvalue weighted by Crippen LogP contribution is -1.93. The molecule has 0 aliphatic heterocycles. The fourth-order valence-corrected chi connectivity index (χ4v) is 1.86. The van der Waals surface area contributed by atoms with Gasteiger partial charge in [0.2, 0.25) is 0 Å². The predicted octanol–water partition coefficient (Wildman–Crippen LogP) is 3.28. The summed E-state index contributed by atoms with van der Waals surface area (Å²) < 4.78 is 0. The van der Waals surface area contributed by atoms with E-state index in [4.69, 9.17) is 0 Å². The SMILES string of the molecule is Cc1cc[nH]c1C1=CCCCC1. The molecule has 0 unspecified atom stereocenters. The van der Waals surface area contributed by atoms with E-state index < -0.39 is 0 Å². The van der Waals surface area contributed by atoms with Crippen LogP contribution in [0.1, 0.15) is 36.9 Å². The summed E-state index contributed by atoms with van der Waals surface area (Å²) in [6, 6.07) is 2.14. The van der Waals surface area contributed by atoms with Crippen molar-refractivity contribution in [1.29, 1.82) is 0 Å². The molecule has 2 rings (SSSR count). The number of nitrogens with one attached hydrogen (secondary N) is 1. The van der Waals surface area contributed by atoms with Crippen molar-refractivity contribution in [2.75, 3.05) is 0 Å². The molecule has 0 radical (unpaired) electrons. The first kappa shape index (κ1) is 7.66. The Bertz CT molecular complexity index is 294. The van der Waals surface area contributed by atoms with Gasteiger partial charge in [0.05, 0.1) is 0 Å². The van der Waals surface area contributed by atoms with Crippen LogP contribution in [0.5, 0.6) is 0 Å². The van der Waals surface area contributed by atoms with E-state index in [9.17, 15) is 0 Å². The molecule has 0 bridgehead atoms. The van der Waals surface area contributed by atoms with Gasteiger partial charge in [0, 0.05) is 11.9 Å². The Morgan fingerprint density at radius 2 is 2.25 bits per heavy atom. The molecule has 1 N–H and O–H groups in total. The fraction of sp³-hybridized carbons (Fsp3) is 0.455. The number of aromatic amines is 1. The van der Waals surface area contributed by atoms with Crippen molar-refractivity contribution >= 4 is 5.57 Å². The highest BCUT2D eigenvalue weighted by atomic mass is 14.7. The molecule has 0 saturated heterocycles. The van der Waals surface area contributed by atoms with Gasteiger partial charge in [-0.3, -0.25) is 0 Å². The van der Waals surface area contributed by atoms with Gasteiger partial charge in [-0.05, 0) is 49.8 Å². The fourth-order valence-electron chi connectivity index (χ4n) is 1.86. The molecular formula is C11H15N. The van der Waals surface area contributed by atoms with Gasteiger partial charge in [-0.15, -0.1) is 0 Å². The monoisotopic (exact) mass is 161 g/mol. The van der Waals surface area contributed by atoms with Gasteiger partial charge in [-0.2, -0.15) is 0 Å². The Hall–Kier alpha value is -0.980. The highest BCUT2D eigenvalue weighted by Crippen LogP contribution is 2.27. The van der Waals surface area contributed by atoms with Crippen molar-refractivity contribution < 1.29 is 0 Å². The van der Waals surface area contributed by atoms with Crippen LogP contribution in [0.4, 0.5) is 0 Å². The van der Waals surface area contributed by atoms with Gasteiger partial charge in [-0.1, -0.05) is 6.08 Å². The maximum Gasteiger partial charge on any atom is 0.0439 e. The minimum atomic E-state index is 1.25. The first-order valence-electron chi connectivity index (χ1n) is 4.71. The van der Waals surface area contributed by atoms with E-state index in [1.807, 2.05) is 6.20 Å². The van der Waals surface area contributed by atoms with Gasteiger partial charge in [0.25, 0.3) is 0 Å². The molecule has 64 valence electrons. The predicted molar refractivity (Wildman–Crippen MR) is 52.0 cm³/mol. The van der Waals surface area contributed by atoms with Crippen LogP contribution < -0.4 is 0 Å². The summed E-state index contributed by atoms with van der Waals surface area (Å²) in [4.78, 5) is 3.31. The number of aromatic nitrogens is 1. The lowest BCUT2D eigenvalue weighted by molar-refractivity contribution is 0.740. The summed E-state index contributed by atoms with van der Waals surface area (Å²) in [5.74, 6) is 0. The third-order valence-electron chi connectivity index (χ3n) is 2.57. The standard InChI is InChI=1S/C11H15N/c1-9-7-8-12-11(9)10-5-3-2-4-6-10/h5,7-8,12H,2-4,6H2,1H3. The van der Waals surface area contributed by atoms with Crippen LogP contribution in [0.15, 0.2) is 18.3 Å². The third-order valence-corrected chi connectivity index (χ3v) is 2.57. The Labute approximate surface area is 73.5 Å². The normalized spacial score (nSPS) is 17.6. The molecule has 1 nitrogen and oxygen atoms in total. The topological polar surface area (TPSA) is 15.8 Å². The molecule has 0 fully saturated rings. The molecular weight excluding hydrogens is 146 g/mol. The van der Waals surface area contributed by atoms with E-state index >= 15 is 0 Å². The van der Waals surface area contributed by atoms with Crippen molar-refractivity contribution in [1.82, 2.24) is 4.98 Å². The Balaban J connectivity index is 2.29. The molecule has 1 aliphatic carbocycles. The van der Waals surface area contributed by atoms with E-state index in [1.165, 1.54) is 42.5 Å². The third kappa shape index (κ3) is 1.31. The van der Waals surface area contributed by atoms with Crippen molar-refractivity contribution in [3.05, 3.63) is 29.6 Å². The van der Waals surface area contributed by atoms with Gasteiger partial charge in [-0.25, -0.2) is 0 Å². The number of hydrogen-bond donors (Lipinski definition) is 1.